The van der Waals surface area contributed by atoms with Gasteiger partial charge in [-0.25, -0.2) is 13.1 Å². The minimum absolute atomic E-state index is 0.0782. The number of benzene rings is 2. The summed E-state index contributed by atoms with van der Waals surface area (Å²) in [6, 6.07) is 12.3. The molecule has 0 bridgehead atoms. The average molecular weight is 406 g/mol. The van der Waals surface area contributed by atoms with Gasteiger partial charge in [-0.3, -0.25) is 4.84 Å². The lowest BCUT2D eigenvalue weighted by Crippen LogP contribution is -2.39. The van der Waals surface area contributed by atoms with Crippen molar-refractivity contribution in [2.45, 2.75) is 17.8 Å². The first-order chi connectivity index (χ1) is 13.5. The Kier molecular flexibility index (Phi) is 5.15. The lowest BCUT2D eigenvalue weighted by atomic mass is 10.0. The Morgan fingerprint density at radius 2 is 2.00 bits per heavy atom. The summed E-state index contributed by atoms with van der Waals surface area (Å²) in [4.78, 5) is 5.54. The summed E-state index contributed by atoms with van der Waals surface area (Å²) >= 11 is 0. The van der Waals surface area contributed by atoms with Crippen LogP contribution in [0.4, 0.5) is 0 Å². The molecule has 2 atom stereocenters. The Labute approximate surface area is 164 Å². The summed E-state index contributed by atoms with van der Waals surface area (Å²) in [5.74, 6) is 1.95. The maximum absolute atomic E-state index is 13.0. The van der Waals surface area contributed by atoms with E-state index in [1.54, 1.807) is 31.4 Å². The molecule has 1 N–H and O–H groups in total. The lowest BCUT2D eigenvalue weighted by molar-refractivity contribution is -0.110. The Morgan fingerprint density at radius 1 is 1.18 bits per heavy atom. The van der Waals surface area contributed by atoms with E-state index in [0.29, 0.717) is 17.2 Å². The van der Waals surface area contributed by atoms with Gasteiger partial charge in [0.05, 0.1) is 19.8 Å². The van der Waals surface area contributed by atoms with Crippen LogP contribution < -0.4 is 18.9 Å². The van der Waals surface area contributed by atoms with Crippen LogP contribution in [0.5, 0.6) is 17.2 Å². The highest BCUT2D eigenvalue weighted by atomic mass is 32.2. The zero-order chi connectivity index (χ0) is 19.7. The van der Waals surface area contributed by atoms with Gasteiger partial charge in [0.15, 0.2) is 11.5 Å². The summed E-state index contributed by atoms with van der Waals surface area (Å²) in [6.45, 7) is 0.414. The Balaban J connectivity index is 1.52. The molecule has 2 unspecified atom stereocenters. The quantitative estimate of drug-likeness (QED) is 0.783. The Morgan fingerprint density at radius 3 is 2.82 bits per heavy atom. The minimum Gasteiger partial charge on any atom is -0.497 e. The van der Waals surface area contributed by atoms with Gasteiger partial charge >= 0.3 is 0 Å². The molecule has 2 aromatic rings. The van der Waals surface area contributed by atoms with Gasteiger partial charge in [-0.2, -0.15) is 5.06 Å². The molecule has 2 aliphatic heterocycles. The molecule has 4 rings (SSSR count). The van der Waals surface area contributed by atoms with Gasteiger partial charge in [0, 0.05) is 13.6 Å². The maximum atomic E-state index is 13.0. The fourth-order valence-corrected chi connectivity index (χ4v) is 4.94. The molecule has 28 heavy (non-hydrogen) atoms. The topological polar surface area (TPSA) is 86.3 Å². The highest BCUT2D eigenvalue weighted by molar-refractivity contribution is 7.90. The largest absolute Gasteiger partial charge is 0.497 e. The van der Waals surface area contributed by atoms with Crippen molar-refractivity contribution < 1.29 is 27.5 Å². The van der Waals surface area contributed by atoms with E-state index < -0.39 is 21.3 Å². The Bertz CT molecular complexity index is 965. The lowest BCUT2D eigenvalue weighted by Gasteiger charge is -2.23. The van der Waals surface area contributed by atoms with Crippen LogP contribution in [0, 0.1) is 0 Å². The van der Waals surface area contributed by atoms with E-state index in [9.17, 15) is 8.42 Å². The molecule has 0 radical (unpaired) electrons. The predicted molar refractivity (Wildman–Crippen MR) is 102 cm³/mol. The van der Waals surface area contributed by atoms with Crippen molar-refractivity contribution in [2.24, 2.45) is 0 Å². The standard InChI is InChI=1S/C19H22N2O6S/c1-21-19(14-4-3-5-15(9-14)24-2)18(11-27-21)28(22,23)20-10-13-6-7-16-17(8-13)26-12-25-16/h3-9,18-20H,10-12H2,1-2H3. The molecule has 0 amide bonds. The second-order valence-electron chi connectivity index (χ2n) is 6.66. The van der Waals surface area contributed by atoms with Crippen molar-refractivity contribution in [1.82, 2.24) is 9.79 Å². The van der Waals surface area contributed by atoms with Crippen LogP contribution in [-0.2, 0) is 21.4 Å². The molecule has 8 nitrogen and oxygen atoms in total. The molecule has 1 fully saturated rings. The zero-order valence-corrected chi connectivity index (χ0v) is 16.4. The molecule has 1 saturated heterocycles. The zero-order valence-electron chi connectivity index (χ0n) is 15.6. The summed E-state index contributed by atoms with van der Waals surface area (Å²) < 4.78 is 44.6. The van der Waals surface area contributed by atoms with Crippen molar-refractivity contribution >= 4 is 10.0 Å². The van der Waals surface area contributed by atoms with Gasteiger partial charge in [-0.1, -0.05) is 18.2 Å². The molecule has 2 aliphatic rings. The molecule has 0 saturated carbocycles. The van der Waals surface area contributed by atoms with Crippen molar-refractivity contribution in [2.75, 3.05) is 27.6 Å². The number of ether oxygens (including phenoxy) is 3. The first kappa shape index (κ1) is 19.0. The van der Waals surface area contributed by atoms with E-state index in [2.05, 4.69) is 4.72 Å². The van der Waals surface area contributed by atoms with Crippen molar-refractivity contribution in [3.05, 3.63) is 53.6 Å². The summed E-state index contributed by atoms with van der Waals surface area (Å²) in [5, 5.41) is 0.831. The molecule has 0 aromatic heterocycles. The van der Waals surface area contributed by atoms with Crippen LogP contribution in [0.15, 0.2) is 42.5 Å². The minimum atomic E-state index is -3.65. The van der Waals surface area contributed by atoms with Crippen LogP contribution in [0.1, 0.15) is 17.2 Å². The fraction of sp³-hybridized carbons (Fsp3) is 0.368. The second kappa shape index (κ2) is 7.59. The van der Waals surface area contributed by atoms with Crippen LogP contribution in [-0.4, -0.2) is 46.3 Å². The van der Waals surface area contributed by atoms with Crippen LogP contribution in [0.25, 0.3) is 0 Å². The normalized spacial score (nSPS) is 21.8. The molecule has 9 heteroatoms. The highest BCUT2D eigenvalue weighted by Crippen LogP contribution is 2.35. The molecule has 2 heterocycles. The summed E-state index contributed by atoms with van der Waals surface area (Å²) in [7, 11) is -0.339. The molecule has 150 valence electrons. The second-order valence-corrected chi connectivity index (χ2v) is 8.64. The van der Waals surface area contributed by atoms with Gasteiger partial charge in [0.2, 0.25) is 16.8 Å². The van der Waals surface area contributed by atoms with Crippen LogP contribution in [0.2, 0.25) is 0 Å². The van der Waals surface area contributed by atoms with E-state index in [1.165, 1.54) is 0 Å². The number of hydroxylamine groups is 2. The number of sulfonamides is 1. The van der Waals surface area contributed by atoms with Crippen LogP contribution >= 0.6 is 0 Å². The van der Waals surface area contributed by atoms with Gasteiger partial charge in [0.25, 0.3) is 0 Å². The molecule has 0 spiro atoms. The van der Waals surface area contributed by atoms with E-state index in [1.807, 2.05) is 30.3 Å². The van der Waals surface area contributed by atoms with E-state index >= 15 is 0 Å². The van der Waals surface area contributed by atoms with Gasteiger partial charge < -0.3 is 14.2 Å². The third-order valence-electron chi connectivity index (χ3n) is 4.93. The summed E-state index contributed by atoms with van der Waals surface area (Å²) in [5.41, 5.74) is 1.61. The summed E-state index contributed by atoms with van der Waals surface area (Å²) in [6.07, 6.45) is 0. The first-order valence-electron chi connectivity index (χ1n) is 8.84. The number of rotatable bonds is 6. The van der Waals surface area contributed by atoms with Crippen molar-refractivity contribution in [3.8, 4) is 17.2 Å². The number of hydrogen-bond acceptors (Lipinski definition) is 7. The molecule has 2 aromatic carbocycles. The number of methoxy groups -OCH3 is 1. The Hall–Kier alpha value is -2.33. The smallest absolute Gasteiger partial charge is 0.231 e. The number of nitrogens with zero attached hydrogens (tertiary/aromatic N) is 1. The monoisotopic (exact) mass is 406 g/mol. The van der Waals surface area contributed by atoms with Crippen molar-refractivity contribution in [3.63, 3.8) is 0 Å². The predicted octanol–water partition coefficient (Wildman–Crippen LogP) is 1.83. The number of hydrogen-bond donors (Lipinski definition) is 1. The third kappa shape index (κ3) is 3.66. The van der Waals surface area contributed by atoms with Gasteiger partial charge in [-0.05, 0) is 35.4 Å². The number of nitrogens with one attached hydrogen (secondary N) is 1. The molecular formula is C19H22N2O6S. The third-order valence-corrected chi connectivity index (χ3v) is 6.67. The highest BCUT2D eigenvalue weighted by Gasteiger charge is 2.43. The number of fused-ring (bicyclic) bond motifs is 1. The first-order valence-corrected chi connectivity index (χ1v) is 10.4. The fourth-order valence-electron chi connectivity index (χ4n) is 3.45. The molecule has 0 aliphatic carbocycles. The van der Waals surface area contributed by atoms with Gasteiger partial charge in [-0.15, -0.1) is 0 Å². The van der Waals surface area contributed by atoms with Crippen molar-refractivity contribution in [1.29, 1.82) is 0 Å². The van der Waals surface area contributed by atoms with E-state index in [4.69, 9.17) is 19.0 Å². The average Bonchev–Trinajstić information content (AvgIpc) is 3.32. The maximum Gasteiger partial charge on any atom is 0.231 e. The van der Waals surface area contributed by atoms with E-state index in [-0.39, 0.29) is 19.9 Å². The SMILES string of the molecule is COc1cccc(C2C(S(=O)(=O)NCc3ccc4c(c3)OCO4)CON2C)c1. The van der Waals surface area contributed by atoms with Gasteiger partial charge in [0.1, 0.15) is 11.0 Å². The van der Waals surface area contributed by atoms with E-state index in [0.717, 1.165) is 11.1 Å². The van der Waals surface area contributed by atoms with Crippen LogP contribution in [0.3, 0.4) is 0 Å². The molecular weight excluding hydrogens is 384 g/mol.